The van der Waals surface area contributed by atoms with Crippen LogP contribution in [0.2, 0.25) is 0 Å². The molecular weight excluding hydrogens is 183 g/mol. The maximum absolute atomic E-state index is 11.4. The van der Waals surface area contributed by atoms with Crippen LogP contribution in [0.3, 0.4) is 0 Å². The standard InChI is InChI=1S/C4H6F3NS2/c5-4(6,7)10-2-1-3(8)9/h1-2H2,(H2,8,9). The quantitative estimate of drug-likeness (QED) is 0.687. The van der Waals surface area contributed by atoms with Crippen molar-refractivity contribution >= 4 is 29.0 Å². The number of nitrogens with two attached hydrogens (primary N) is 1. The maximum atomic E-state index is 11.4. The highest BCUT2D eigenvalue weighted by Crippen LogP contribution is 2.30. The summed E-state index contributed by atoms with van der Waals surface area (Å²) in [6.45, 7) is 0. The lowest BCUT2D eigenvalue weighted by Gasteiger charge is -2.03. The van der Waals surface area contributed by atoms with Gasteiger partial charge in [-0.15, -0.1) is 0 Å². The Labute approximate surface area is 66.2 Å². The van der Waals surface area contributed by atoms with Crippen molar-refractivity contribution < 1.29 is 13.2 Å². The Hall–Kier alpha value is 0.0300. The molecular formula is C4H6F3NS2. The van der Waals surface area contributed by atoms with Crippen LogP contribution in [0, 0.1) is 0 Å². The molecule has 0 radical (unpaired) electrons. The van der Waals surface area contributed by atoms with Crippen LogP contribution in [0.1, 0.15) is 6.42 Å². The van der Waals surface area contributed by atoms with Crippen LogP contribution in [0.15, 0.2) is 0 Å². The summed E-state index contributed by atoms with van der Waals surface area (Å²) < 4.78 is 34.2. The Kier molecular flexibility index (Phi) is 4.04. The van der Waals surface area contributed by atoms with E-state index in [1.165, 1.54) is 0 Å². The van der Waals surface area contributed by atoms with Gasteiger partial charge < -0.3 is 5.73 Å². The lowest BCUT2D eigenvalue weighted by Crippen LogP contribution is -2.10. The van der Waals surface area contributed by atoms with Crippen LogP contribution in [0.25, 0.3) is 0 Å². The normalized spacial score (nSPS) is 11.5. The first-order valence-corrected chi connectivity index (χ1v) is 3.80. The van der Waals surface area contributed by atoms with Crippen LogP contribution >= 0.6 is 24.0 Å². The zero-order valence-electron chi connectivity index (χ0n) is 4.94. The van der Waals surface area contributed by atoms with E-state index in [0.717, 1.165) is 0 Å². The molecule has 0 aliphatic rings. The molecule has 0 aromatic heterocycles. The van der Waals surface area contributed by atoms with Gasteiger partial charge in [-0.3, -0.25) is 0 Å². The highest BCUT2D eigenvalue weighted by molar-refractivity contribution is 8.00. The molecule has 0 saturated carbocycles. The van der Waals surface area contributed by atoms with Crippen LogP contribution < -0.4 is 5.73 Å². The van der Waals surface area contributed by atoms with Crippen molar-refractivity contribution in [2.24, 2.45) is 5.73 Å². The maximum Gasteiger partial charge on any atom is 0.441 e. The third kappa shape index (κ3) is 8.03. The Bertz CT molecular complexity index is 122. The average molecular weight is 189 g/mol. The van der Waals surface area contributed by atoms with Gasteiger partial charge in [0.25, 0.3) is 0 Å². The Morgan fingerprint density at radius 2 is 2.00 bits per heavy atom. The van der Waals surface area contributed by atoms with Gasteiger partial charge in [0.1, 0.15) is 0 Å². The molecule has 0 atom stereocenters. The van der Waals surface area contributed by atoms with E-state index in [4.69, 9.17) is 5.73 Å². The minimum atomic E-state index is -4.16. The fraction of sp³-hybridized carbons (Fsp3) is 0.750. The van der Waals surface area contributed by atoms with Crippen molar-refractivity contribution in [1.82, 2.24) is 0 Å². The van der Waals surface area contributed by atoms with E-state index in [1.807, 2.05) is 0 Å². The molecule has 6 heteroatoms. The van der Waals surface area contributed by atoms with Gasteiger partial charge in [0.05, 0.1) is 4.99 Å². The molecule has 0 aliphatic heterocycles. The first-order valence-electron chi connectivity index (χ1n) is 2.41. The predicted octanol–water partition coefficient (Wildman–Crippen LogP) is 1.92. The molecule has 0 aromatic carbocycles. The number of thiocarbonyl (C=S) groups is 1. The first-order chi connectivity index (χ1) is 4.42. The van der Waals surface area contributed by atoms with E-state index in [0.29, 0.717) is 0 Å². The lowest BCUT2D eigenvalue weighted by atomic mass is 10.5. The van der Waals surface area contributed by atoms with E-state index >= 15 is 0 Å². The Balaban J connectivity index is 3.29. The first kappa shape index (κ1) is 10.0. The molecule has 0 rings (SSSR count). The summed E-state index contributed by atoms with van der Waals surface area (Å²) in [5.74, 6) is -0.0845. The largest absolute Gasteiger partial charge is 0.441 e. The molecule has 0 heterocycles. The molecule has 10 heavy (non-hydrogen) atoms. The highest BCUT2D eigenvalue weighted by Gasteiger charge is 2.27. The van der Waals surface area contributed by atoms with Crippen molar-refractivity contribution in [1.29, 1.82) is 0 Å². The number of rotatable bonds is 3. The topological polar surface area (TPSA) is 26.0 Å². The Morgan fingerprint density at radius 1 is 1.50 bits per heavy atom. The second-order valence-corrected chi connectivity index (χ2v) is 3.19. The predicted molar refractivity (Wildman–Crippen MR) is 39.9 cm³/mol. The molecule has 0 bridgehead atoms. The zero-order chi connectivity index (χ0) is 8.20. The SMILES string of the molecule is NC(=S)CCSC(F)(F)F. The highest BCUT2D eigenvalue weighted by atomic mass is 32.2. The van der Waals surface area contributed by atoms with Crippen molar-refractivity contribution in [2.75, 3.05) is 5.75 Å². The molecule has 0 amide bonds. The van der Waals surface area contributed by atoms with Gasteiger partial charge in [0, 0.05) is 12.2 Å². The monoisotopic (exact) mass is 189 g/mol. The summed E-state index contributed by atoms with van der Waals surface area (Å²) in [5, 5.41) is 0. The molecule has 2 N–H and O–H groups in total. The second-order valence-electron chi connectivity index (χ2n) is 1.51. The molecule has 0 saturated heterocycles. The van der Waals surface area contributed by atoms with Gasteiger partial charge in [-0.25, -0.2) is 0 Å². The summed E-state index contributed by atoms with van der Waals surface area (Å²) in [5.41, 5.74) is 0.811. The zero-order valence-corrected chi connectivity index (χ0v) is 6.57. The summed E-state index contributed by atoms with van der Waals surface area (Å²) in [4.78, 5) is 0.122. The number of hydrogen-bond donors (Lipinski definition) is 1. The van der Waals surface area contributed by atoms with Crippen molar-refractivity contribution in [2.45, 2.75) is 11.9 Å². The molecule has 60 valence electrons. The fourth-order valence-electron chi connectivity index (χ4n) is 0.267. The smallest absolute Gasteiger partial charge is 0.393 e. The summed E-state index contributed by atoms with van der Waals surface area (Å²) in [6, 6.07) is 0. The lowest BCUT2D eigenvalue weighted by molar-refractivity contribution is -0.0327. The van der Waals surface area contributed by atoms with Crippen LogP contribution in [0.4, 0.5) is 13.2 Å². The number of thioether (sulfide) groups is 1. The van der Waals surface area contributed by atoms with Gasteiger partial charge >= 0.3 is 5.51 Å². The molecule has 0 aliphatic carbocycles. The summed E-state index contributed by atoms with van der Waals surface area (Å²) in [6.07, 6.45) is 0.138. The summed E-state index contributed by atoms with van der Waals surface area (Å²) >= 11 is 4.28. The van der Waals surface area contributed by atoms with E-state index in [-0.39, 0.29) is 28.9 Å². The minimum absolute atomic E-state index is 0.0845. The third-order valence-electron chi connectivity index (χ3n) is 0.614. The molecule has 0 unspecified atom stereocenters. The Morgan fingerprint density at radius 3 is 2.30 bits per heavy atom. The van der Waals surface area contributed by atoms with Crippen LogP contribution in [-0.4, -0.2) is 16.2 Å². The molecule has 0 aromatic rings. The average Bonchev–Trinajstić information content (AvgIpc) is 1.59. The van der Waals surface area contributed by atoms with Gasteiger partial charge in [-0.2, -0.15) is 13.2 Å². The number of alkyl halides is 3. The summed E-state index contributed by atoms with van der Waals surface area (Å²) in [7, 11) is 0. The molecule has 0 spiro atoms. The van der Waals surface area contributed by atoms with Gasteiger partial charge in [-0.05, 0) is 0 Å². The van der Waals surface area contributed by atoms with E-state index < -0.39 is 5.51 Å². The fourth-order valence-corrected chi connectivity index (χ4v) is 1.05. The van der Waals surface area contributed by atoms with Crippen molar-refractivity contribution in [3.63, 3.8) is 0 Å². The van der Waals surface area contributed by atoms with E-state index in [1.54, 1.807) is 0 Å². The van der Waals surface area contributed by atoms with E-state index in [9.17, 15) is 13.2 Å². The van der Waals surface area contributed by atoms with Gasteiger partial charge in [-0.1, -0.05) is 24.0 Å². The number of halogens is 3. The van der Waals surface area contributed by atoms with Crippen molar-refractivity contribution in [3.05, 3.63) is 0 Å². The third-order valence-corrected chi connectivity index (χ3v) is 1.55. The van der Waals surface area contributed by atoms with Crippen LogP contribution in [0.5, 0.6) is 0 Å². The van der Waals surface area contributed by atoms with Gasteiger partial charge in [0.2, 0.25) is 0 Å². The molecule has 0 fully saturated rings. The van der Waals surface area contributed by atoms with Gasteiger partial charge in [0.15, 0.2) is 0 Å². The number of hydrogen-bond acceptors (Lipinski definition) is 2. The van der Waals surface area contributed by atoms with E-state index in [2.05, 4.69) is 12.2 Å². The van der Waals surface area contributed by atoms with Crippen molar-refractivity contribution in [3.8, 4) is 0 Å². The molecule has 1 nitrogen and oxygen atoms in total. The second kappa shape index (κ2) is 4.02. The minimum Gasteiger partial charge on any atom is -0.393 e. The van der Waals surface area contributed by atoms with Crippen LogP contribution in [-0.2, 0) is 0 Å².